The van der Waals surface area contributed by atoms with Gasteiger partial charge in [0.2, 0.25) is 5.91 Å². The van der Waals surface area contributed by atoms with E-state index in [0.29, 0.717) is 0 Å². The molecule has 6 aliphatic heterocycles. The molecule has 6 saturated heterocycles. The van der Waals surface area contributed by atoms with Crippen LogP contribution in [-0.2, 0) is 56.9 Å². The molecular formula is C38H65NO29. The molecule has 396 valence electrons. The summed E-state index contributed by atoms with van der Waals surface area (Å²) in [6, 6.07) is -1.73. The van der Waals surface area contributed by atoms with Crippen molar-refractivity contribution in [3.05, 3.63) is 0 Å². The molecule has 0 aliphatic carbocycles. The van der Waals surface area contributed by atoms with Crippen molar-refractivity contribution in [1.29, 1.82) is 0 Å². The van der Waals surface area contributed by atoms with Gasteiger partial charge in [0.1, 0.15) is 134 Å². The molecule has 0 spiro atoms. The zero-order chi connectivity index (χ0) is 50.2. The van der Waals surface area contributed by atoms with E-state index in [1.54, 1.807) is 0 Å². The normalized spacial score (nSPS) is 52.6. The maximum atomic E-state index is 12.5. The first-order chi connectivity index (χ1) is 32.1. The molecule has 6 heterocycles. The van der Waals surface area contributed by atoms with Crippen molar-refractivity contribution < 1.29 is 144 Å². The third-order valence-electron chi connectivity index (χ3n) is 12.8. The molecule has 0 aromatic carbocycles. The molecule has 30 atom stereocenters. The lowest BCUT2D eigenvalue weighted by Gasteiger charge is -2.50. The standard InChI is InChI=1S/C38H65NO29/c1-8-16(45)21(50)25(54)35(58-8)68-32-22(51)18(47)11(4-40)62-38(32)67-30-17(46)9(2)59-36(26(30)55)64-28-14(7-43)63-34(15(20(28)49)39-10(3)44)66-31-19(48)12(5-41)61-37(27(31)56)65-29-13(6-42)60-33(57)24(53)23(29)52/h8-9,11-38,40-43,45-57H,4-7H2,1-3H3,(H,39,44)/t8-,9-,11+,12+,13+,14+,15+,16+,17+,18-,19-,20+,21+,22-,23+,24+,25-,26-,27+,28+,29+,30+,31-,32+,33+,34-,35+,36-,37-,38-/m0/s1. The average Bonchev–Trinajstić information content (AvgIpc) is 3.30. The molecule has 68 heavy (non-hydrogen) atoms. The Morgan fingerprint density at radius 1 is 0.382 bits per heavy atom. The summed E-state index contributed by atoms with van der Waals surface area (Å²) in [5.74, 6) is -0.819. The molecule has 1 amide bonds. The van der Waals surface area contributed by atoms with Crippen molar-refractivity contribution in [2.45, 2.75) is 205 Å². The van der Waals surface area contributed by atoms with E-state index in [2.05, 4.69) is 5.32 Å². The Balaban J connectivity index is 1.20. The molecular weight excluding hydrogens is 934 g/mol. The molecule has 0 bridgehead atoms. The number of ether oxygens (including phenoxy) is 11. The number of hydrogen-bond acceptors (Lipinski definition) is 29. The van der Waals surface area contributed by atoms with Crippen molar-refractivity contribution in [3.63, 3.8) is 0 Å². The zero-order valence-corrected chi connectivity index (χ0v) is 36.7. The van der Waals surface area contributed by atoms with Crippen LogP contribution >= 0.6 is 0 Å². The van der Waals surface area contributed by atoms with Crippen molar-refractivity contribution in [2.75, 3.05) is 26.4 Å². The van der Waals surface area contributed by atoms with Gasteiger partial charge < -0.3 is 144 Å². The lowest BCUT2D eigenvalue weighted by molar-refractivity contribution is -0.395. The maximum Gasteiger partial charge on any atom is 0.217 e. The van der Waals surface area contributed by atoms with Crippen LogP contribution in [0.5, 0.6) is 0 Å². The van der Waals surface area contributed by atoms with Crippen LogP contribution in [-0.4, -0.2) is 303 Å². The minimum Gasteiger partial charge on any atom is -0.394 e. The van der Waals surface area contributed by atoms with Gasteiger partial charge in [0.15, 0.2) is 37.7 Å². The summed E-state index contributed by atoms with van der Waals surface area (Å²) in [7, 11) is 0. The maximum absolute atomic E-state index is 12.5. The Labute approximate surface area is 386 Å². The van der Waals surface area contributed by atoms with E-state index in [1.807, 2.05) is 0 Å². The van der Waals surface area contributed by atoms with E-state index in [1.165, 1.54) is 13.8 Å². The lowest BCUT2D eigenvalue weighted by Crippen LogP contribution is -2.70. The summed E-state index contributed by atoms with van der Waals surface area (Å²) in [5, 5.41) is 184. The molecule has 30 nitrogen and oxygen atoms in total. The SMILES string of the molecule is CC(=O)N[C@H]1[C@H](O[C@H]2[C@@H](O)[C@@H](CO)O[C@@H](O[C@H]3[C@H](O)[C@@H](O)[C@H](O)O[C@@H]3CO)[C@@H]2O)O[C@H](CO)[C@@H](O[C@@H]2O[C@@H](C)[C@@H](O)[C@@H](O[C@@H]3O[C@H](CO)[C@H](O)[C@H](O)[C@H]3O[C@H]3O[C@@H](C)[C@@H](O)[C@@H](O)[C@@H]3O)[C@@H]2O)[C@@H]1O. The Morgan fingerprint density at radius 2 is 0.794 bits per heavy atom. The molecule has 0 saturated carbocycles. The molecule has 0 unspecified atom stereocenters. The van der Waals surface area contributed by atoms with Gasteiger partial charge in [0, 0.05) is 6.92 Å². The van der Waals surface area contributed by atoms with Gasteiger partial charge in [-0.25, -0.2) is 0 Å². The van der Waals surface area contributed by atoms with E-state index >= 15 is 0 Å². The largest absolute Gasteiger partial charge is 0.394 e. The molecule has 0 aromatic rings. The quantitative estimate of drug-likeness (QED) is 0.0724. The number of hydrogen-bond donors (Lipinski definition) is 18. The summed E-state index contributed by atoms with van der Waals surface area (Å²) in [6.07, 6.45) is -52.3. The highest BCUT2D eigenvalue weighted by Gasteiger charge is 2.57. The molecule has 6 fully saturated rings. The zero-order valence-electron chi connectivity index (χ0n) is 36.7. The predicted octanol–water partition coefficient (Wildman–Crippen LogP) is -11.9. The van der Waals surface area contributed by atoms with E-state index in [4.69, 9.17) is 52.1 Å². The molecule has 18 N–H and O–H groups in total. The number of aliphatic hydroxyl groups excluding tert-OH is 17. The second-order valence-corrected chi connectivity index (χ2v) is 17.5. The fraction of sp³-hybridized carbons (Fsp3) is 0.974. The van der Waals surface area contributed by atoms with Gasteiger partial charge in [0.25, 0.3) is 0 Å². The van der Waals surface area contributed by atoms with Crippen LogP contribution in [0.15, 0.2) is 0 Å². The van der Waals surface area contributed by atoms with E-state index in [0.717, 1.165) is 6.92 Å². The highest BCUT2D eigenvalue weighted by Crippen LogP contribution is 2.37. The van der Waals surface area contributed by atoms with Crippen molar-refractivity contribution in [2.24, 2.45) is 0 Å². The summed E-state index contributed by atoms with van der Waals surface area (Å²) >= 11 is 0. The molecule has 30 heteroatoms. The third-order valence-corrected chi connectivity index (χ3v) is 12.8. The fourth-order valence-electron chi connectivity index (χ4n) is 8.78. The van der Waals surface area contributed by atoms with Gasteiger partial charge in [-0.2, -0.15) is 0 Å². The van der Waals surface area contributed by atoms with Crippen molar-refractivity contribution >= 4 is 5.91 Å². The van der Waals surface area contributed by atoms with Gasteiger partial charge >= 0.3 is 0 Å². The smallest absolute Gasteiger partial charge is 0.217 e. The molecule has 0 aromatic heterocycles. The average molecular weight is 1000 g/mol. The summed E-state index contributed by atoms with van der Waals surface area (Å²) < 4.78 is 62.5. The van der Waals surface area contributed by atoms with Crippen molar-refractivity contribution in [3.8, 4) is 0 Å². The number of amides is 1. The molecule has 0 radical (unpaired) electrons. The number of aliphatic hydroxyl groups is 17. The second kappa shape index (κ2) is 23.5. The second-order valence-electron chi connectivity index (χ2n) is 17.5. The third kappa shape index (κ3) is 11.4. The van der Waals surface area contributed by atoms with Crippen LogP contribution < -0.4 is 5.32 Å². The summed E-state index contributed by atoms with van der Waals surface area (Å²) in [4.78, 5) is 12.5. The minimum absolute atomic E-state index is 0.819. The van der Waals surface area contributed by atoms with Crippen LogP contribution in [0.3, 0.4) is 0 Å². The monoisotopic (exact) mass is 999 g/mol. The Bertz CT molecular complexity index is 1590. The van der Waals surface area contributed by atoms with E-state index < -0.39 is 217 Å². The Kier molecular flexibility index (Phi) is 19.2. The number of carbonyl (C=O) groups excluding carboxylic acids is 1. The van der Waals surface area contributed by atoms with E-state index in [9.17, 15) is 91.6 Å². The molecule has 6 aliphatic rings. The number of rotatable bonds is 15. The topological polar surface area (TPSA) is 475 Å². The van der Waals surface area contributed by atoms with Crippen LogP contribution in [0.2, 0.25) is 0 Å². The highest BCUT2D eigenvalue weighted by atomic mass is 16.8. The van der Waals surface area contributed by atoms with Crippen LogP contribution in [0, 0.1) is 0 Å². The summed E-state index contributed by atoms with van der Waals surface area (Å²) in [6.45, 7) is -0.0662. The van der Waals surface area contributed by atoms with Gasteiger partial charge in [-0.15, -0.1) is 0 Å². The van der Waals surface area contributed by atoms with Gasteiger partial charge in [0.05, 0.1) is 38.6 Å². The van der Waals surface area contributed by atoms with Crippen molar-refractivity contribution in [1.82, 2.24) is 5.32 Å². The van der Waals surface area contributed by atoms with Gasteiger partial charge in [-0.3, -0.25) is 4.79 Å². The van der Waals surface area contributed by atoms with E-state index in [-0.39, 0.29) is 0 Å². The van der Waals surface area contributed by atoms with Crippen LogP contribution in [0.25, 0.3) is 0 Å². The highest BCUT2D eigenvalue weighted by molar-refractivity contribution is 5.73. The van der Waals surface area contributed by atoms with Gasteiger partial charge in [-0.05, 0) is 13.8 Å². The first-order valence-corrected chi connectivity index (χ1v) is 21.8. The van der Waals surface area contributed by atoms with Crippen LogP contribution in [0.4, 0.5) is 0 Å². The lowest BCUT2D eigenvalue weighted by atomic mass is 9.94. The first-order valence-electron chi connectivity index (χ1n) is 21.8. The fourth-order valence-corrected chi connectivity index (χ4v) is 8.78. The Hall–Kier alpha value is -1.65. The number of nitrogens with one attached hydrogen (secondary N) is 1. The predicted molar refractivity (Wildman–Crippen MR) is 208 cm³/mol. The van der Waals surface area contributed by atoms with Crippen LogP contribution in [0.1, 0.15) is 20.8 Å². The number of carbonyl (C=O) groups is 1. The summed E-state index contributed by atoms with van der Waals surface area (Å²) in [5.41, 5.74) is 0. The van der Waals surface area contributed by atoms with Gasteiger partial charge in [-0.1, -0.05) is 0 Å². The first kappa shape index (κ1) is 55.7. The minimum atomic E-state index is -2.10. The Morgan fingerprint density at radius 3 is 1.37 bits per heavy atom. The molecule has 6 rings (SSSR count).